The summed E-state index contributed by atoms with van der Waals surface area (Å²) in [6, 6.07) is 7.20. The molecule has 0 unspecified atom stereocenters. The van der Waals surface area contributed by atoms with E-state index in [1.807, 2.05) is 17.0 Å². The molecule has 22 heavy (non-hydrogen) atoms. The number of morpholine rings is 1. The molecule has 5 nitrogen and oxygen atoms in total. The van der Waals surface area contributed by atoms with Gasteiger partial charge in [-0.25, -0.2) is 4.98 Å². The number of rotatable bonds is 1. The molecule has 114 valence electrons. The third kappa shape index (κ3) is 2.15. The van der Waals surface area contributed by atoms with E-state index >= 15 is 0 Å². The van der Waals surface area contributed by atoms with E-state index in [4.69, 9.17) is 25.8 Å². The maximum atomic E-state index is 14.1. The summed E-state index contributed by atoms with van der Waals surface area (Å²) in [7, 11) is 0. The number of aromatic nitrogens is 1. The number of nitrogens with one attached hydrogen (secondary N) is 1. The van der Waals surface area contributed by atoms with Gasteiger partial charge in [0.2, 0.25) is 5.75 Å². The summed E-state index contributed by atoms with van der Waals surface area (Å²) in [6.45, 7) is 2.42. The molecular weight excluding hydrogens is 311 g/mol. The minimum absolute atomic E-state index is 0.124. The van der Waals surface area contributed by atoms with Crippen molar-refractivity contribution < 1.29 is 23.6 Å². The molecular formula is C15H13ClFN2O3+. The fourth-order valence-electron chi connectivity index (χ4n) is 2.56. The average Bonchev–Trinajstić information content (AvgIpc) is 2.57. The van der Waals surface area contributed by atoms with E-state index in [2.05, 4.69) is 4.98 Å². The Morgan fingerprint density at radius 3 is 2.36 bits per heavy atom. The lowest BCUT2D eigenvalue weighted by molar-refractivity contribution is -0.409. The van der Waals surface area contributed by atoms with Crippen LogP contribution in [0.3, 0.4) is 0 Å². The van der Waals surface area contributed by atoms with Crippen LogP contribution in [0.15, 0.2) is 24.3 Å². The molecule has 1 aromatic heterocycles. The molecule has 1 saturated heterocycles. The summed E-state index contributed by atoms with van der Waals surface area (Å²) in [6.07, 6.45) is 0. The Balaban J connectivity index is 1.83. The summed E-state index contributed by atoms with van der Waals surface area (Å²) in [5.41, 5.74) is 0. The normalized spacial score (nSPS) is 16.4. The molecule has 1 aromatic carbocycles. The van der Waals surface area contributed by atoms with E-state index in [0.29, 0.717) is 49.4 Å². The number of para-hydroxylation sites is 2. The molecule has 0 aliphatic carbocycles. The Morgan fingerprint density at radius 1 is 1.05 bits per heavy atom. The summed E-state index contributed by atoms with van der Waals surface area (Å²) in [5.74, 6) is 1.53. The highest BCUT2D eigenvalue weighted by atomic mass is 35.5. The molecule has 1 N–H and O–H groups in total. The summed E-state index contributed by atoms with van der Waals surface area (Å²) in [5, 5.41) is -0.124. The Hall–Kier alpha value is -2.05. The maximum Gasteiger partial charge on any atom is 0.324 e. The van der Waals surface area contributed by atoms with E-state index in [9.17, 15) is 4.39 Å². The van der Waals surface area contributed by atoms with Crippen LogP contribution in [-0.2, 0) is 4.74 Å². The molecule has 3 heterocycles. The maximum absolute atomic E-state index is 14.1. The molecule has 7 heteroatoms. The summed E-state index contributed by atoms with van der Waals surface area (Å²) in [4.78, 5) is 4.63. The Labute approximate surface area is 131 Å². The lowest BCUT2D eigenvalue weighted by atomic mass is 10.2. The highest BCUT2D eigenvalue weighted by Crippen LogP contribution is 2.51. The van der Waals surface area contributed by atoms with Crippen LogP contribution in [0.4, 0.5) is 10.2 Å². The number of hydrogen-bond donors (Lipinski definition) is 0. The number of ether oxygens (including phenoxy) is 3. The predicted octanol–water partition coefficient (Wildman–Crippen LogP) is 3.03. The second kappa shape index (κ2) is 5.30. The van der Waals surface area contributed by atoms with Gasteiger partial charge in [0.05, 0.1) is 13.2 Å². The van der Waals surface area contributed by atoms with Crippen LogP contribution < -0.4 is 19.4 Å². The quantitative estimate of drug-likeness (QED) is 0.646. The van der Waals surface area contributed by atoms with Crippen molar-refractivity contribution in [2.24, 2.45) is 0 Å². The first-order valence-corrected chi connectivity index (χ1v) is 7.33. The number of H-pyrrole nitrogens is 1. The zero-order valence-electron chi connectivity index (χ0n) is 11.6. The van der Waals surface area contributed by atoms with E-state index in [1.165, 1.54) is 0 Å². The van der Waals surface area contributed by atoms with Crippen molar-refractivity contribution in [3.8, 4) is 23.0 Å². The first kappa shape index (κ1) is 13.6. The van der Waals surface area contributed by atoms with Crippen LogP contribution in [0.25, 0.3) is 0 Å². The fraction of sp³-hybridized carbons (Fsp3) is 0.267. The van der Waals surface area contributed by atoms with Gasteiger partial charge >= 0.3 is 5.82 Å². The minimum Gasteiger partial charge on any atom is -0.447 e. The lowest BCUT2D eigenvalue weighted by Crippen LogP contribution is -2.40. The summed E-state index contributed by atoms with van der Waals surface area (Å²) >= 11 is 6.03. The van der Waals surface area contributed by atoms with Gasteiger partial charge in [-0.3, -0.25) is 4.90 Å². The zero-order valence-corrected chi connectivity index (χ0v) is 12.3. The highest BCUT2D eigenvalue weighted by molar-refractivity contribution is 6.32. The molecule has 0 atom stereocenters. The first-order chi connectivity index (χ1) is 10.7. The fourth-order valence-corrected chi connectivity index (χ4v) is 2.73. The van der Waals surface area contributed by atoms with Crippen molar-refractivity contribution in [3.63, 3.8) is 0 Å². The summed E-state index contributed by atoms with van der Waals surface area (Å²) < 4.78 is 31.1. The van der Waals surface area contributed by atoms with Gasteiger partial charge in [-0.1, -0.05) is 23.7 Å². The molecule has 2 aliphatic heterocycles. The lowest BCUT2D eigenvalue weighted by Gasteiger charge is -2.26. The first-order valence-electron chi connectivity index (χ1n) is 6.96. The second-order valence-corrected chi connectivity index (χ2v) is 5.39. The molecule has 1 fully saturated rings. The van der Waals surface area contributed by atoms with Gasteiger partial charge in [0.25, 0.3) is 11.7 Å². The van der Waals surface area contributed by atoms with E-state index in [0.717, 1.165) is 0 Å². The Morgan fingerprint density at radius 2 is 1.68 bits per heavy atom. The van der Waals surface area contributed by atoms with Gasteiger partial charge in [0.15, 0.2) is 16.5 Å². The smallest absolute Gasteiger partial charge is 0.324 e. The molecule has 0 bridgehead atoms. The number of nitrogens with zero attached hydrogens (tertiary/aromatic N) is 1. The SMILES string of the molecule is Fc1[nH+]c(N2CCOCC2)c2c(c1Cl)Oc1ccccc1O2. The molecule has 0 radical (unpaired) electrons. The number of halogens is 2. The topological polar surface area (TPSA) is 45.1 Å². The van der Waals surface area contributed by atoms with Gasteiger partial charge in [-0.15, -0.1) is 0 Å². The second-order valence-electron chi connectivity index (χ2n) is 5.01. The Kier molecular flexibility index (Phi) is 3.28. The van der Waals surface area contributed by atoms with E-state index in [-0.39, 0.29) is 10.8 Å². The van der Waals surface area contributed by atoms with Gasteiger partial charge in [0.1, 0.15) is 13.1 Å². The number of fused-ring (bicyclic) bond motifs is 2. The number of benzene rings is 1. The largest absolute Gasteiger partial charge is 0.447 e. The number of hydrogen-bond acceptors (Lipinski definition) is 4. The van der Waals surface area contributed by atoms with Crippen LogP contribution in [0.1, 0.15) is 0 Å². The molecule has 2 aromatic rings. The van der Waals surface area contributed by atoms with Gasteiger partial charge in [-0.2, -0.15) is 4.39 Å². The van der Waals surface area contributed by atoms with Gasteiger partial charge < -0.3 is 14.2 Å². The van der Waals surface area contributed by atoms with E-state index < -0.39 is 5.95 Å². The minimum atomic E-state index is -0.648. The van der Waals surface area contributed by atoms with Crippen LogP contribution in [0.2, 0.25) is 5.02 Å². The molecule has 2 aliphatic rings. The van der Waals surface area contributed by atoms with Crippen molar-refractivity contribution in [3.05, 3.63) is 35.2 Å². The van der Waals surface area contributed by atoms with Gasteiger partial charge in [-0.05, 0) is 12.1 Å². The van der Waals surface area contributed by atoms with E-state index in [1.54, 1.807) is 12.1 Å². The number of pyridine rings is 1. The van der Waals surface area contributed by atoms with Gasteiger partial charge in [0, 0.05) is 0 Å². The monoisotopic (exact) mass is 323 g/mol. The van der Waals surface area contributed by atoms with Crippen molar-refractivity contribution >= 4 is 17.4 Å². The standard InChI is InChI=1S/C15H12ClFN2O3/c16-11-12-13(22-10-4-2-1-3-9(10)21-12)15(18-14(11)17)19-5-7-20-8-6-19/h1-4H,5-8H2/p+1. The zero-order chi connectivity index (χ0) is 15.1. The molecule has 0 spiro atoms. The van der Waals surface area contributed by atoms with Crippen molar-refractivity contribution in [1.82, 2.24) is 0 Å². The highest BCUT2D eigenvalue weighted by Gasteiger charge is 2.35. The third-order valence-corrected chi connectivity index (χ3v) is 3.98. The number of anilines is 1. The predicted molar refractivity (Wildman–Crippen MR) is 77.6 cm³/mol. The number of aromatic amines is 1. The third-order valence-electron chi connectivity index (χ3n) is 3.64. The molecule has 4 rings (SSSR count). The van der Waals surface area contributed by atoms with Crippen molar-refractivity contribution in [2.75, 3.05) is 31.2 Å². The Bertz CT molecular complexity index is 735. The van der Waals surface area contributed by atoms with Crippen LogP contribution in [0, 0.1) is 5.95 Å². The van der Waals surface area contributed by atoms with Crippen LogP contribution in [0.5, 0.6) is 23.0 Å². The van der Waals surface area contributed by atoms with Crippen LogP contribution >= 0.6 is 11.6 Å². The van der Waals surface area contributed by atoms with Crippen molar-refractivity contribution in [1.29, 1.82) is 0 Å². The average molecular weight is 324 g/mol. The van der Waals surface area contributed by atoms with Crippen LogP contribution in [-0.4, -0.2) is 26.3 Å². The molecule has 0 amide bonds. The molecule has 0 saturated carbocycles. The van der Waals surface area contributed by atoms with Crippen molar-refractivity contribution in [2.45, 2.75) is 0 Å².